The number of carbonyl (C=O) groups is 1. The maximum atomic E-state index is 12.2. The Morgan fingerprint density at radius 2 is 2.00 bits per heavy atom. The number of aryl methyl sites for hydroxylation is 2. The quantitative estimate of drug-likeness (QED) is 0.734. The van der Waals surface area contributed by atoms with Gasteiger partial charge in [0, 0.05) is 18.7 Å². The molecule has 124 valence electrons. The number of amides is 2. The van der Waals surface area contributed by atoms with Gasteiger partial charge in [0.05, 0.1) is 6.04 Å². The van der Waals surface area contributed by atoms with E-state index in [1.54, 1.807) is 0 Å². The van der Waals surface area contributed by atoms with Gasteiger partial charge in [-0.2, -0.15) is 0 Å². The topological polar surface area (TPSA) is 74.5 Å². The van der Waals surface area contributed by atoms with Crippen LogP contribution in [0.4, 0.5) is 4.79 Å². The van der Waals surface area contributed by atoms with Gasteiger partial charge in [-0.15, -0.1) is 0 Å². The van der Waals surface area contributed by atoms with E-state index in [0.29, 0.717) is 19.4 Å². The van der Waals surface area contributed by atoms with E-state index in [1.165, 1.54) is 0 Å². The highest BCUT2D eigenvalue weighted by molar-refractivity contribution is 5.74. The predicted molar refractivity (Wildman–Crippen MR) is 89.1 cm³/mol. The summed E-state index contributed by atoms with van der Waals surface area (Å²) in [6.07, 6.45) is 1.33. The SMILES string of the molecule is Cc1cc(CNC(=O)NC(CCCO)c2ccccc2)c(C)o1. The summed E-state index contributed by atoms with van der Waals surface area (Å²) in [5.74, 6) is 1.66. The summed E-state index contributed by atoms with van der Waals surface area (Å²) in [4.78, 5) is 12.2. The number of nitrogens with one attached hydrogen (secondary N) is 2. The maximum Gasteiger partial charge on any atom is 0.315 e. The Hall–Kier alpha value is -2.27. The Bertz CT molecular complexity index is 622. The molecule has 2 amide bonds. The summed E-state index contributed by atoms with van der Waals surface area (Å²) in [5.41, 5.74) is 2.01. The number of aliphatic hydroxyl groups excluding tert-OH is 1. The minimum Gasteiger partial charge on any atom is -0.466 e. The van der Waals surface area contributed by atoms with Gasteiger partial charge in [-0.3, -0.25) is 0 Å². The van der Waals surface area contributed by atoms with E-state index in [1.807, 2.05) is 50.2 Å². The van der Waals surface area contributed by atoms with Crippen molar-refractivity contribution in [3.05, 3.63) is 59.0 Å². The van der Waals surface area contributed by atoms with E-state index in [2.05, 4.69) is 10.6 Å². The number of rotatable bonds is 7. The lowest BCUT2D eigenvalue weighted by Gasteiger charge is -2.19. The van der Waals surface area contributed by atoms with Crippen molar-refractivity contribution >= 4 is 6.03 Å². The van der Waals surface area contributed by atoms with Crippen LogP contribution in [0, 0.1) is 13.8 Å². The van der Waals surface area contributed by atoms with Crippen molar-refractivity contribution in [2.24, 2.45) is 0 Å². The van der Waals surface area contributed by atoms with E-state index in [9.17, 15) is 4.79 Å². The number of benzene rings is 1. The first-order valence-corrected chi connectivity index (χ1v) is 7.86. The van der Waals surface area contributed by atoms with Crippen LogP contribution in [-0.4, -0.2) is 17.7 Å². The number of furan rings is 1. The smallest absolute Gasteiger partial charge is 0.315 e. The number of carbonyl (C=O) groups excluding carboxylic acids is 1. The standard InChI is InChI=1S/C18H24N2O3/c1-13-11-16(14(2)23-13)12-19-18(22)20-17(9-6-10-21)15-7-4-3-5-8-15/h3-5,7-8,11,17,21H,6,9-10,12H2,1-2H3,(H2,19,20,22). The van der Waals surface area contributed by atoms with Crippen LogP contribution >= 0.6 is 0 Å². The van der Waals surface area contributed by atoms with Gasteiger partial charge in [0.25, 0.3) is 0 Å². The molecular formula is C18H24N2O3. The molecule has 0 saturated heterocycles. The van der Waals surface area contributed by atoms with E-state index in [4.69, 9.17) is 9.52 Å². The van der Waals surface area contributed by atoms with Crippen LogP contribution in [-0.2, 0) is 6.54 Å². The highest BCUT2D eigenvalue weighted by atomic mass is 16.3. The average molecular weight is 316 g/mol. The highest BCUT2D eigenvalue weighted by Gasteiger charge is 2.14. The van der Waals surface area contributed by atoms with Gasteiger partial charge in [-0.25, -0.2) is 4.79 Å². The zero-order chi connectivity index (χ0) is 16.7. The second-order valence-electron chi connectivity index (χ2n) is 5.59. The maximum absolute atomic E-state index is 12.2. The third-order valence-corrected chi connectivity index (χ3v) is 3.74. The molecule has 0 spiro atoms. The van der Waals surface area contributed by atoms with Crippen molar-refractivity contribution in [3.8, 4) is 0 Å². The lowest BCUT2D eigenvalue weighted by Crippen LogP contribution is -2.37. The van der Waals surface area contributed by atoms with E-state index >= 15 is 0 Å². The Balaban J connectivity index is 1.93. The molecule has 5 heteroatoms. The third-order valence-electron chi connectivity index (χ3n) is 3.74. The van der Waals surface area contributed by atoms with E-state index in [-0.39, 0.29) is 18.7 Å². The zero-order valence-electron chi connectivity index (χ0n) is 13.6. The molecule has 5 nitrogen and oxygen atoms in total. The Morgan fingerprint density at radius 3 is 2.61 bits per heavy atom. The molecule has 23 heavy (non-hydrogen) atoms. The van der Waals surface area contributed by atoms with Gasteiger partial charge in [-0.1, -0.05) is 30.3 Å². The van der Waals surface area contributed by atoms with Crippen LogP contribution in [0.1, 0.15) is 41.5 Å². The fourth-order valence-corrected chi connectivity index (χ4v) is 2.55. The largest absolute Gasteiger partial charge is 0.466 e. The molecule has 2 aromatic rings. The molecule has 1 aromatic carbocycles. The molecule has 1 unspecified atom stereocenters. The third kappa shape index (κ3) is 5.14. The van der Waals surface area contributed by atoms with Gasteiger partial charge in [-0.05, 0) is 38.3 Å². The summed E-state index contributed by atoms with van der Waals surface area (Å²) < 4.78 is 5.45. The van der Waals surface area contributed by atoms with Crippen molar-refractivity contribution < 1.29 is 14.3 Å². The average Bonchev–Trinajstić information content (AvgIpc) is 2.88. The Morgan fingerprint density at radius 1 is 1.26 bits per heavy atom. The summed E-state index contributed by atoms with van der Waals surface area (Å²) in [7, 11) is 0. The van der Waals surface area contributed by atoms with Crippen LogP contribution in [0.5, 0.6) is 0 Å². The highest BCUT2D eigenvalue weighted by Crippen LogP contribution is 2.18. The van der Waals surface area contributed by atoms with E-state index < -0.39 is 0 Å². The predicted octanol–water partition coefficient (Wildman–Crippen LogP) is 3.21. The van der Waals surface area contributed by atoms with Gasteiger partial charge >= 0.3 is 6.03 Å². The van der Waals surface area contributed by atoms with Crippen LogP contribution in [0.15, 0.2) is 40.8 Å². The number of urea groups is 1. The first-order chi connectivity index (χ1) is 11.1. The van der Waals surface area contributed by atoms with Gasteiger partial charge in [0.1, 0.15) is 11.5 Å². The molecule has 0 saturated carbocycles. The fraction of sp³-hybridized carbons (Fsp3) is 0.389. The normalized spacial score (nSPS) is 12.0. The first-order valence-electron chi connectivity index (χ1n) is 7.86. The second kappa shape index (κ2) is 8.39. The molecule has 0 fully saturated rings. The molecule has 3 N–H and O–H groups in total. The van der Waals surface area contributed by atoms with Crippen molar-refractivity contribution in [2.45, 2.75) is 39.3 Å². The lowest BCUT2D eigenvalue weighted by molar-refractivity contribution is 0.232. The molecule has 1 aromatic heterocycles. The molecule has 2 rings (SSSR count). The minimum atomic E-state index is -0.227. The number of aliphatic hydroxyl groups is 1. The molecule has 1 heterocycles. The Labute approximate surface area is 136 Å². The van der Waals surface area contributed by atoms with E-state index in [0.717, 1.165) is 22.6 Å². The molecular weight excluding hydrogens is 292 g/mol. The minimum absolute atomic E-state index is 0.111. The monoisotopic (exact) mass is 316 g/mol. The summed E-state index contributed by atoms with van der Waals surface area (Å²) >= 11 is 0. The number of hydrogen-bond acceptors (Lipinski definition) is 3. The molecule has 1 atom stereocenters. The zero-order valence-corrected chi connectivity index (χ0v) is 13.6. The van der Waals surface area contributed by atoms with Gasteiger partial charge in [0.2, 0.25) is 0 Å². The lowest BCUT2D eigenvalue weighted by atomic mass is 10.0. The summed E-state index contributed by atoms with van der Waals surface area (Å²) in [5, 5.41) is 14.9. The van der Waals surface area contributed by atoms with Crippen molar-refractivity contribution in [3.63, 3.8) is 0 Å². The van der Waals surface area contributed by atoms with Crippen LogP contribution < -0.4 is 10.6 Å². The molecule has 0 bridgehead atoms. The molecule has 0 aliphatic carbocycles. The van der Waals surface area contributed by atoms with Crippen LogP contribution in [0.25, 0.3) is 0 Å². The molecule has 0 aliphatic rings. The molecule has 0 radical (unpaired) electrons. The van der Waals surface area contributed by atoms with Crippen molar-refractivity contribution in [2.75, 3.05) is 6.61 Å². The van der Waals surface area contributed by atoms with Crippen molar-refractivity contribution in [1.29, 1.82) is 0 Å². The number of hydrogen-bond donors (Lipinski definition) is 3. The van der Waals surface area contributed by atoms with Gasteiger partial charge < -0.3 is 20.2 Å². The van der Waals surface area contributed by atoms with Gasteiger partial charge in [0.15, 0.2) is 0 Å². The second-order valence-corrected chi connectivity index (χ2v) is 5.59. The fourth-order valence-electron chi connectivity index (χ4n) is 2.55. The van der Waals surface area contributed by atoms with Crippen LogP contribution in [0.3, 0.4) is 0 Å². The molecule has 0 aliphatic heterocycles. The summed E-state index contributed by atoms with van der Waals surface area (Å²) in [6.45, 7) is 4.31. The Kier molecular flexibility index (Phi) is 6.23. The first kappa shape index (κ1) is 17.1. The summed E-state index contributed by atoms with van der Waals surface area (Å²) in [6, 6.07) is 11.4. The van der Waals surface area contributed by atoms with Crippen molar-refractivity contribution in [1.82, 2.24) is 10.6 Å². The van der Waals surface area contributed by atoms with Crippen LogP contribution in [0.2, 0.25) is 0 Å².